The molecule has 0 aliphatic carbocycles. The van der Waals surface area contributed by atoms with Crippen molar-refractivity contribution in [1.82, 2.24) is 5.32 Å². The Morgan fingerprint density at radius 2 is 1.94 bits per heavy atom. The zero-order valence-electron chi connectivity index (χ0n) is 10.8. The second-order valence-electron chi connectivity index (χ2n) is 4.17. The largest absolute Gasteiger partial charge is 0.383 e. The van der Waals surface area contributed by atoms with Gasteiger partial charge >= 0.3 is 0 Å². The van der Waals surface area contributed by atoms with Crippen LogP contribution in [0.15, 0.2) is 0 Å². The summed E-state index contributed by atoms with van der Waals surface area (Å²) in [5.41, 5.74) is 5.59. The molecule has 0 saturated heterocycles. The molecule has 0 bridgehead atoms. The molecule has 96 valence electrons. The van der Waals surface area contributed by atoms with Crippen molar-refractivity contribution in [3.63, 3.8) is 0 Å². The molecule has 0 aliphatic heterocycles. The van der Waals surface area contributed by atoms with Crippen LogP contribution < -0.4 is 11.1 Å². The lowest BCUT2D eigenvalue weighted by atomic mass is 10.0. The maximum absolute atomic E-state index is 11.9. The van der Waals surface area contributed by atoms with Crippen molar-refractivity contribution in [1.29, 1.82) is 0 Å². The smallest absolute Gasteiger partial charge is 0.224 e. The average Bonchev–Trinajstić information content (AvgIpc) is 2.26. The fourth-order valence-electron chi connectivity index (χ4n) is 1.77. The highest BCUT2D eigenvalue weighted by Gasteiger charge is 2.18. The minimum Gasteiger partial charge on any atom is -0.383 e. The van der Waals surface area contributed by atoms with E-state index in [4.69, 9.17) is 10.5 Å². The van der Waals surface area contributed by atoms with Crippen LogP contribution in [-0.4, -0.2) is 32.2 Å². The topological polar surface area (TPSA) is 64.3 Å². The molecule has 0 heterocycles. The Bertz CT molecular complexity index is 180. The van der Waals surface area contributed by atoms with E-state index in [1.807, 2.05) is 0 Å². The van der Waals surface area contributed by atoms with Crippen molar-refractivity contribution in [3.8, 4) is 0 Å². The summed E-state index contributed by atoms with van der Waals surface area (Å²) in [4.78, 5) is 11.9. The second-order valence-corrected chi connectivity index (χ2v) is 4.17. The molecule has 0 radical (unpaired) electrons. The molecule has 2 atom stereocenters. The first kappa shape index (κ1) is 15.4. The van der Waals surface area contributed by atoms with Gasteiger partial charge in [0.25, 0.3) is 0 Å². The maximum Gasteiger partial charge on any atom is 0.224 e. The summed E-state index contributed by atoms with van der Waals surface area (Å²) in [5, 5.41) is 3.01. The van der Waals surface area contributed by atoms with E-state index in [9.17, 15) is 4.79 Å². The SMILES string of the molecule is CCCC(COC)NC(=O)C(CN)CCC. The molecule has 0 rings (SSSR count). The van der Waals surface area contributed by atoms with E-state index in [0.717, 1.165) is 25.7 Å². The van der Waals surface area contributed by atoms with E-state index in [0.29, 0.717) is 13.2 Å². The van der Waals surface area contributed by atoms with E-state index in [1.165, 1.54) is 0 Å². The van der Waals surface area contributed by atoms with Gasteiger partial charge in [0.1, 0.15) is 0 Å². The zero-order chi connectivity index (χ0) is 12.4. The van der Waals surface area contributed by atoms with Crippen LogP contribution in [0.4, 0.5) is 0 Å². The number of nitrogens with two attached hydrogens (primary N) is 1. The highest BCUT2D eigenvalue weighted by molar-refractivity contribution is 5.79. The zero-order valence-corrected chi connectivity index (χ0v) is 10.8. The van der Waals surface area contributed by atoms with E-state index < -0.39 is 0 Å². The minimum atomic E-state index is -0.0544. The first-order chi connectivity index (χ1) is 7.69. The molecular formula is C12H26N2O2. The van der Waals surface area contributed by atoms with Gasteiger partial charge in [0.15, 0.2) is 0 Å². The highest BCUT2D eigenvalue weighted by atomic mass is 16.5. The fraction of sp³-hybridized carbons (Fsp3) is 0.917. The molecule has 0 aromatic heterocycles. The van der Waals surface area contributed by atoms with Crippen molar-refractivity contribution in [2.24, 2.45) is 11.7 Å². The summed E-state index contributed by atoms with van der Waals surface area (Å²) in [6.07, 6.45) is 3.82. The lowest BCUT2D eigenvalue weighted by Gasteiger charge is -2.21. The van der Waals surface area contributed by atoms with Crippen LogP contribution in [-0.2, 0) is 9.53 Å². The highest BCUT2D eigenvalue weighted by Crippen LogP contribution is 2.06. The van der Waals surface area contributed by atoms with E-state index in [1.54, 1.807) is 7.11 Å². The third kappa shape index (κ3) is 6.08. The quantitative estimate of drug-likeness (QED) is 0.627. The van der Waals surface area contributed by atoms with Gasteiger partial charge in [-0.3, -0.25) is 4.79 Å². The molecule has 0 aliphatic rings. The first-order valence-corrected chi connectivity index (χ1v) is 6.18. The average molecular weight is 230 g/mol. The normalized spacial score (nSPS) is 14.5. The second kappa shape index (κ2) is 9.60. The summed E-state index contributed by atoms with van der Waals surface area (Å²) in [5.74, 6) is 0.0149. The molecule has 16 heavy (non-hydrogen) atoms. The molecular weight excluding hydrogens is 204 g/mol. The molecule has 4 heteroatoms. The number of hydrogen-bond donors (Lipinski definition) is 2. The number of rotatable bonds is 9. The summed E-state index contributed by atoms with van der Waals surface area (Å²) >= 11 is 0. The van der Waals surface area contributed by atoms with Gasteiger partial charge in [0.05, 0.1) is 18.6 Å². The fourth-order valence-corrected chi connectivity index (χ4v) is 1.77. The van der Waals surface area contributed by atoms with Crippen LogP contribution in [0.1, 0.15) is 39.5 Å². The van der Waals surface area contributed by atoms with E-state index in [-0.39, 0.29) is 17.9 Å². The van der Waals surface area contributed by atoms with Gasteiger partial charge in [0.2, 0.25) is 5.91 Å². The van der Waals surface area contributed by atoms with Gasteiger partial charge in [-0.05, 0) is 12.8 Å². The molecule has 4 nitrogen and oxygen atoms in total. The maximum atomic E-state index is 11.9. The Kier molecular flexibility index (Phi) is 9.24. The van der Waals surface area contributed by atoms with Crippen LogP contribution in [0, 0.1) is 5.92 Å². The van der Waals surface area contributed by atoms with Crippen molar-refractivity contribution >= 4 is 5.91 Å². The van der Waals surface area contributed by atoms with E-state index >= 15 is 0 Å². The number of carbonyl (C=O) groups excluding carboxylic acids is 1. The standard InChI is InChI=1S/C12H26N2O2/c1-4-6-10(8-13)12(15)14-11(7-5-2)9-16-3/h10-11H,4-9,13H2,1-3H3,(H,14,15). The van der Waals surface area contributed by atoms with Crippen LogP contribution in [0.25, 0.3) is 0 Å². The monoisotopic (exact) mass is 230 g/mol. The number of amides is 1. The molecule has 0 spiro atoms. The molecule has 3 N–H and O–H groups in total. The number of hydrogen-bond acceptors (Lipinski definition) is 3. The van der Waals surface area contributed by atoms with Crippen LogP contribution in [0.2, 0.25) is 0 Å². The van der Waals surface area contributed by atoms with Crippen LogP contribution in [0.5, 0.6) is 0 Å². The molecule has 0 aromatic carbocycles. The molecule has 0 aromatic rings. The molecule has 2 unspecified atom stereocenters. The Balaban J connectivity index is 4.13. The minimum absolute atomic E-state index is 0.0544. The van der Waals surface area contributed by atoms with Gasteiger partial charge in [-0.15, -0.1) is 0 Å². The number of methoxy groups -OCH3 is 1. The van der Waals surface area contributed by atoms with Gasteiger partial charge < -0.3 is 15.8 Å². The van der Waals surface area contributed by atoms with Gasteiger partial charge in [-0.25, -0.2) is 0 Å². The molecule has 1 amide bonds. The Labute approximate surface area is 98.9 Å². The van der Waals surface area contributed by atoms with Gasteiger partial charge in [-0.1, -0.05) is 26.7 Å². The predicted molar refractivity (Wildman–Crippen MR) is 66.2 cm³/mol. The Hall–Kier alpha value is -0.610. The molecule has 0 fully saturated rings. The third-order valence-electron chi connectivity index (χ3n) is 2.64. The summed E-state index contributed by atoms with van der Waals surface area (Å²) < 4.78 is 5.08. The third-order valence-corrected chi connectivity index (χ3v) is 2.64. The van der Waals surface area contributed by atoms with Crippen molar-refractivity contribution in [2.45, 2.75) is 45.6 Å². The summed E-state index contributed by atoms with van der Waals surface area (Å²) in [7, 11) is 1.65. The summed E-state index contributed by atoms with van der Waals surface area (Å²) in [6, 6.07) is 0.119. The number of ether oxygens (including phenoxy) is 1. The predicted octanol–water partition coefficient (Wildman–Crippen LogP) is 1.29. The van der Waals surface area contributed by atoms with Gasteiger partial charge in [-0.2, -0.15) is 0 Å². The van der Waals surface area contributed by atoms with Crippen molar-refractivity contribution in [2.75, 3.05) is 20.3 Å². The Morgan fingerprint density at radius 1 is 1.31 bits per heavy atom. The van der Waals surface area contributed by atoms with Gasteiger partial charge in [0, 0.05) is 13.7 Å². The Morgan fingerprint density at radius 3 is 2.38 bits per heavy atom. The first-order valence-electron chi connectivity index (χ1n) is 6.18. The number of nitrogens with one attached hydrogen (secondary N) is 1. The lowest BCUT2D eigenvalue weighted by Crippen LogP contribution is -2.43. The lowest BCUT2D eigenvalue weighted by molar-refractivity contribution is -0.126. The summed E-state index contributed by atoms with van der Waals surface area (Å²) in [6.45, 7) is 5.16. The van der Waals surface area contributed by atoms with Crippen molar-refractivity contribution in [3.05, 3.63) is 0 Å². The number of carbonyl (C=O) groups is 1. The van der Waals surface area contributed by atoms with E-state index in [2.05, 4.69) is 19.2 Å². The van der Waals surface area contributed by atoms with Crippen LogP contribution in [0.3, 0.4) is 0 Å². The molecule has 0 saturated carbocycles. The van der Waals surface area contributed by atoms with Crippen molar-refractivity contribution < 1.29 is 9.53 Å². The van der Waals surface area contributed by atoms with Crippen LogP contribution >= 0.6 is 0 Å².